The van der Waals surface area contributed by atoms with E-state index in [0.717, 1.165) is 6.54 Å². The third kappa shape index (κ3) is 2.97. The Hall–Kier alpha value is -2.14. The van der Waals surface area contributed by atoms with Crippen molar-refractivity contribution in [1.82, 2.24) is 20.0 Å². The van der Waals surface area contributed by atoms with E-state index in [0.29, 0.717) is 24.3 Å². The molecule has 3 rings (SSSR count). The van der Waals surface area contributed by atoms with Gasteiger partial charge in [-0.25, -0.2) is 0 Å². The van der Waals surface area contributed by atoms with Crippen LogP contribution in [0, 0.1) is 6.92 Å². The van der Waals surface area contributed by atoms with Crippen LogP contribution in [0.1, 0.15) is 31.1 Å². The Morgan fingerprint density at radius 1 is 1.29 bits per heavy atom. The molecule has 2 heterocycles. The Bertz CT molecular complexity index is 742. The van der Waals surface area contributed by atoms with Crippen molar-refractivity contribution >= 4 is 10.9 Å². The van der Waals surface area contributed by atoms with Gasteiger partial charge in [0.1, 0.15) is 0 Å². The first kappa shape index (κ1) is 13.8. The summed E-state index contributed by atoms with van der Waals surface area (Å²) in [5.41, 5.74) is 2.50. The van der Waals surface area contributed by atoms with Crippen molar-refractivity contribution in [3.05, 3.63) is 47.7 Å². The Kier molecular flexibility index (Phi) is 3.75. The first-order chi connectivity index (χ1) is 10.1. The molecule has 0 bridgehead atoms. The molecule has 0 unspecified atom stereocenters. The van der Waals surface area contributed by atoms with Crippen molar-refractivity contribution in [3.8, 4) is 0 Å². The molecule has 5 nitrogen and oxygen atoms in total. The molecule has 0 amide bonds. The monoisotopic (exact) mass is 284 g/mol. The van der Waals surface area contributed by atoms with Gasteiger partial charge in [-0.1, -0.05) is 31.1 Å². The zero-order valence-electron chi connectivity index (χ0n) is 12.6. The number of fused-ring (bicyclic) bond motifs is 1. The van der Waals surface area contributed by atoms with Gasteiger partial charge in [-0.15, -0.1) is 0 Å². The molecule has 0 atom stereocenters. The van der Waals surface area contributed by atoms with E-state index in [1.165, 1.54) is 16.5 Å². The van der Waals surface area contributed by atoms with Crippen molar-refractivity contribution < 1.29 is 4.52 Å². The van der Waals surface area contributed by atoms with Crippen LogP contribution in [0.2, 0.25) is 0 Å². The van der Waals surface area contributed by atoms with Crippen LogP contribution in [0.4, 0.5) is 0 Å². The Morgan fingerprint density at radius 3 is 2.86 bits per heavy atom. The molecule has 0 saturated carbocycles. The highest BCUT2D eigenvalue weighted by Gasteiger charge is 2.09. The standard InChI is InChI=1S/C16H20N4O/c1-11(2)17-9-13-5-4-6-15-14(13)7-8-20(15)10-16-18-12(3)21-19-16/h4-8,11,17H,9-10H2,1-3H3. The van der Waals surface area contributed by atoms with Crippen LogP contribution < -0.4 is 5.32 Å². The Labute approximate surface area is 124 Å². The fourth-order valence-electron chi connectivity index (χ4n) is 2.45. The van der Waals surface area contributed by atoms with Crippen LogP contribution in [0.3, 0.4) is 0 Å². The number of rotatable bonds is 5. The first-order valence-electron chi connectivity index (χ1n) is 7.23. The highest BCUT2D eigenvalue weighted by atomic mass is 16.5. The summed E-state index contributed by atoms with van der Waals surface area (Å²) in [4.78, 5) is 4.26. The van der Waals surface area contributed by atoms with Gasteiger partial charge in [0.05, 0.1) is 6.54 Å². The normalized spacial score (nSPS) is 11.6. The second-order valence-corrected chi connectivity index (χ2v) is 5.56. The van der Waals surface area contributed by atoms with Gasteiger partial charge in [-0.3, -0.25) is 0 Å². The molecule has 0 spiro atoms. The maximum atomic E-state index is 5.03. The molecule has 110 valence electrons. The minimum atomic E-state index is 0.477. The fourth-order valence-corrected chi connectivity index (χ4v) is 2.45. The largest absolute Gasteiger partial charge is 0.340 e. The van der Waals surface area contributed by atoms with Crippen molar-refractivity contribution in [2.45, 2.75) is 39.9 Å². The van der Waals surface area contributed by atoms with Crippen LogP contribution in [0.5, 0.6) is 0 Å². The number of hydrogen-bond acceptors (Lipinski definition) is 4. The minimum absolute atomic E-state index is 0.477. The van der Waals surface area contributed by atoms with Crippen molar-refractivity contribution in [1.29, 1.82) is 0 Å². The van der Waals surface area contributed by atoms with E-state index in [1.54, 1.807) is 6.92 Å². The summed E-state index contributed by atoms with van der Waals surface area (Å²) in [5.74, 6) is 1.30. The zero-order valence-corrected chi connectivity index (χ0v) is 12.6. The molecule has 0 radical (unpaired) electrons. The average Bonchev–Trinajstić information content (AvgIpc) is 3.04. The number of nitrogens with zero attached hydrogens (tertiary/aromatic N) is 3. The first-order valence-corrected chi connectivity index (χ1v) is 7.23. The predicted molar refractivity (Wildman–Crippen MR) is 82.1 cm³/mol. The van der Waals surface area contributed by atoms with Crippen LogP contribution in [-0.2, 0) is 13.1 Å². The van der Waals surface area contributed by atoms with Crippen LogP contribution in [0.15, 0.2) is 35.0 Å². The van der Waals surface area contributed by atoms with E-state index in [1.807, 2.05) is 0 Å². The van der Waals surface area contributed by atoms with Gasteiger partial charge in [0.15, 0.2) is 5.82 Å². The highest BCUT2D eigenvalue weighted by molar-refractivity contribution is 5.83. The van der Waals surface area contributed by atoms with Gasteiger partial charge < -0.3 is 14.4 Å². The lowest BCUT2D eigenvalue weighted by atomic mass is 10.1. The summed E-state index contributed by atoms with van der Waals surface area (Å²) in [6, 6.07) is 9.02. The summed E-state index contributed by atoms with van der Waals surface area (Å²) < 4.78 is 7.18. The second kappa shape index (κ2) is 5.69. The lowest BCUT2D eigenvalue weighted by molar-refractivity contribution is 0.386. The van der Waals surface area contributed by atoms with Crippen molar-refractivity contribution in [2.75, 3.05) is 0 Å². The third-order valence-electron chi connectivity index (χ3n) is 3.49. The summed E-state index contributed by atoms with van der Waals surface area (Å²) >= 11 is 0. The summed E-state index contributed by atoms with van der Waals surface area (Å²) in [6.45, 7) is 7.62. The van der Waals surface area contributed by atoms with Gasteiger partial charge >= 0.3 is 0 Å². The van der Waals surface area contributed by atoms with E-state index in [4.69, 9.17) is 4.52 Å². The van der Waals surface area contributed by atoms with Crippen LogP contribution in [0.25, 0.3) is 10.9 Å². The Morgan fingerprint density at radius 2 is 2.14 bits per heavy atom. The van der Waals surface area contributed by atoms with Gasteiger partial charge in [0.25, 0.3) is 0 Å². The van der Waals surface area contributed by atoms with Gasteiger partial charge in [0, 0.05) is 36.6 Å². The fraction of sp³-hybridized carbons (Fsp3) is 0.375. The summed E-state index contributed by atoms with van der Waals surface area (Å²) in [7, 11) is 0. The number of benzene rings is 1. The average molecular weight is 284 g/mol. The molecule has 3 aromatic rings. The smallest absolute Gasteiger partial charge is 0.223 e. The molecule has 1 aromatic carbocycles. The van der Waals surface area contributed by atoms with Crippen molar-refractivity contribution in [3.63, 3.8) is 0 Å². The second-order valence-electron chi connectivity index (χ2n) is 5.56. The minimum Gasteiger partial charge on any atom is -0.340 e. The molecule has 21 heavy (non-hydrogen) atoms. The topological polar surface area (TPSA) is 55.9 Å². The quantitative estimate of drug-likeness (QED) is 0.782. The van der Waals surface area contributed by atoms with Crippen LogP contribution in [-0.4, -0.2) is 20.7 Å². The number of hydrogen-bond donors (Lipinski definition) is 1. The molecule has 0 aliphatic rings. The molecule has 1 N–H and O–H groups in total. The summed E-state index contributed by atoms with van der Waals surface area (Å²) in [6.07, 6.45) is 2.08. The third-order valence-corrected chi connectivity index (χ3v) is 3.49. The lowest BCUT2D eigenvalue weighted by Gasteiger charge is -2.09. The maximum Gasteiger partial charge on any atom is 0.223 e. The molecule has 2 aromatic heterocycles. The number of aryl methyl sites for hydroxylation is 1. The van der Waals surface area contributed by atoms with E-state index in [-0.39, 0.29) is 0 Å². The number of aromatic nitrogens is 3. The maximum absolute atomic E-state index is 5.03. The predicted octanol–water partition coefficient (Wildman–Crippen LogP) is 2.88. The molecule has 0 saturated heterocycles. The zero-order chi connectivity index (χ0) is 14.8. The van der Waals surface area contributed by atoms with Crippen LogP contribution >= 0.6 is 0 Å². The Balaban J connectivity index is 1.89. The molecular weight excluding hydrogens is 264 g/mol. The molecular formula is C16H20N4O. The molecule has 0 aliphatic carbocycles. The van der Waals surface area contributed by atoms with E-state index in [2.05, 4.69) is 64.3 Å². The van der Waals surface area contributed by atoms with Gasteiger partial charge in [-0.2, -0.15) is 4.98 Å². The molecule has 0 fully saturated rings. The SMILES string of the molecule is Cc1nc(Cn2ccc3c(CNC(C)C)cccc32)no1. The van der Waals surface area contributed by atoms with Gasteiger partial charge in [0.2, 0.25) is 5.89 Å². The molecule has 5 heteroatoms. The van der Waals surface area contributed by atoms with E-state index in [9.17, 15) is 0 Å². The highest BCUT2D eigenvalue weighted by Crippen LogP contribution is 2.21. The van der Waals surface area contributed by atoms with Gasteiger partial charge in [-0.05, 0) is 17.7 Å². The lowest BCUT2D eigenvalue weighted by Crippen LogP contribution is -2.21. The molecule has 0 aliphatic heterocycles. The number of nitrogens with one attached hydrogen (secondary N) is 1. The van der Waals surface area contributed by atoms with E-state index >= 15 is 0 Å². The van der Waals surface area contributed by atoms with Crippen molar-refractivity contribution in [2.24, 2.45) is 0 Å². The summed E-state index contributed by atoms with van der Waals surface area (Å²) in [5, 5.41) is 8.70. The van der Waals surface area contributed by atoms with E-state index < -0.39 is 0 Å².